The molecule has 0 spiro atoms. The predicted molar refractivity (Wildman–Crippen MR) is 79.7 cm³/mol. The van der Waals surface area contributed by atoms with Gasteiger partial charge in [0.15, 0.2) is 0 Å². The van der Waals surface area contributed by atoms with E-state index in [1.54, 1.807) is 48.5 Å². The molecule has 2 amide bonds. The van der Waals surface area contributed by atoms with Crippen molar-refractivity contribution in [2.45, 2.75) is 12.8 Å². The summed E-state index contributed by atoms with van der Waals surface area (Å²) in [5.74, 6) is -1.56. The summed E-state index contributed by atoms with van der Waals surface area (Å²) in [6.45, 7) is 0. The Morgan fingerprint density at radius 2 is 1.73 bits per heavy atom. The first-order chi connectivity index (χ1) is 10.6. The highest BCUT2D eigenvalue weighted by molar-refractivity contribution is 6.24. The maximum Gasteiger partial charge on any atom is 0.307 e. The Balaban J connectivity index is 1.93. The minimum absolute atomic E-state index is 0.0923. The molecule has 0 bridgehead atoms. The Labute approximate surface area is 126 Å². The Kier molecular flexibility index (Phi) is 3.47. The number of carbonyl (C=O) groups excluding carboxylic acids is 2. The fourth-order valence-corrected chi connectivity index (χ4v) is 2.56. The molecule has 0 atom stereocenters. The molecule has 1 aliphatic heterocycles. The third-order valence-electron chi connectivity index (χ3n) is 3.59. The van der Waals surface area contributed by atoms with Crippen LogP contribution in [0.5, 0.6) is 0 Å². The molecule has 22 heavy (non-hydrogen) atoms. The highest BCUT2D eigenvalue weighted by atomic mass is 16.4. The molecule has 110 valence electrons. The van der Waals surface area contributed by atoms with E-state index in [-0.39, 0.29) is 24.7 Å². The number of aliphatic carboxylic acids is 1. The van der Waals surface area contributed by atoms with Gasteiger partial charge < -0.3 is 5.11 Å². The molecule has 0 saturated heterocycles. The Morgan fingerprint density at radius 3 is 2.41 bits per heavy atom. The lowest BCUT2D eigenvalue weighted by atomic mass is 9.98. The normalized spacial score (nSPS) is 13.9. The fourth-order valence-electron chi connectivity index (χ4n) is 2.56. The first kappa shape index (κ1) is 14.0. The van der Waals surface area contributed by atoms with E-state index >= 15 is 0 Å². The topological polar surface area (TPSA) is 74.7 Å². The molecule has 0 unspecified atom stereocenters. The Morgan fingerprint density at radius 1 is 1.05 bits per heavy atom. The molecule has 1 heterocycles. The quantitative estimate of drug-likeness (QED) is 0.879. The minimum atomic E-state index is -0.924. The van der Waals surface area contributed by atoms with Crippen molar-refractivity contribution in [1.82, 2.24) is 0 Å². The highest BCUT2D eigenvalue weighted by Crippen LogP contribution is 2.25. The van der Waals surface area contributed by atoms with Crippen LogP contribution in [-0.2, 0) is 22.4 Å². The predicted octanol–water partition coefficient (Wildman–Crippen LogP) is 2.04. The number of fused-ring (bicyclic) bond motifs is 1. The van der Waals surface area contributed by atoms with Crippen molar-refractivity contribution in [1.29, 1.82) is 0 Å². The van der Waals surface area contributed by atoms with E-state index < -0.39 is 5.97 Å². The molecule has 1 N–H and O–H groups in total. The third kappa shape index (κ3) is 2.48. The van der Waals surface area contributed by atoms with Gasteiger partial charge in [-0.2, -0.15) is 0 Å². The van der Waals surface area contributed by atoms with E-state index in [1.807, 2.05) is 0 Å². The van der Waals surface area contributed by atoms with Crippen LogP contribution in [0, 0.1) is 0 Å². The van der Waals surface area contributed by atoms with E-state index in [1.165, 1.54) is 0 Å². The smallest absolute Gasteiger partial charge is 0.307 e. The van der Waals surface area contributed by atoms with Crippen molar-refractivity contribution in [3.8, 4) is 0 Å². The van der Waals surface area contributed by atoms with Gasteiger partial charge in [-0.05, 0) is 29.3 Å². The number of amides is 2. The van der Waals surface area contributed by atoms with Crippen LogP contribution in [0.25, 0.3) is 0 Å². The van der Waals surface area contributed by atoms with Crippen molar-refractivity contribution >= 4 is 23.5 Å². The zero-order chi connectivity index (χ0) is 15.7. The largest absolute Gasteiger partial charge is 0.481 e. The van der Waals surface area contributed by atoms with E-state index in [0.29, 0.717) is 16.8 Å². The average Bonchev–Trinajstić information content (AvgIpc) is 2.48. The molecule has 0 aromatic heterocycles. The molecule has 2 aromatic carbocycles. The van der Waals surface area contributed by atoms with Crippen LogP contribution in [-0.4, -0.2) is 22.9 Å². The second kappa shape index (κ2) is 5.44. The number of carboxylic acids is 1. The Hall–Kier alpha value is -2.95. The number of hydrogen-bond donors (Lipinski definition) is 1. The van der Waals surface area contributed by atoms with Gasteiger partial charge in [-0.25, -0.2) is 4.90 Å². The molecule has 0 saturated carbocycles. The molecular weight excluding hydrogens is 282 g/mol. The molecular formula is C17H13NO4. The first-order valence-corrected chi connectivity index (χ1v) is 6.82. The standard InChI is InChI=1S/C17H13NO4/c19-15-10-12-3-1-2-4-14(12)17(22)18(15)13-7-5-11(6-8-13)9-16(20)21/h1-8H,9-10H2,(H,20,21). The summed E-state index contributed by atoms with van der Waals surface area (Å²) in [6.07, 6.45) is 0.0871. The summed E-state index contributed by atoms with van der Waals surface area (Å²) in [4.78, 5) is 36.6. The lowest BCUT2D eigenvalue weighted by Crippen LogP contribution is -2.42. The van der Waals surface area contributed by atoms with Crippen LogP contribution in [0.4, 0.5) is 5.69 Å². The number of carbonyl (C=O) groups is 3. The van der Waals surface area contributed by atoms with Crippen LogP contribution in [0.1, 0.15) is 21.5 Å². The van der Waals surface area contributed by atoms with Gasteiger partial charge in [-0.15, -0.1) is 0 Å². The van der Waals surface area contributed by atoms with E-state index in [4.69, 9.17) is 5.11 Å². The van der Waals surface area contributed by atoms with Gasteiger partial charge in [-0.3, -0.25) is 14.4 Å². The maximum absolute atomic E-state index is 12.5. The van der Waals surface area contributed by atoms with Gasteiger partial charge in [0, 0.05) is 5.56 Å². The van der Waals surface area contributed by atoms with Crippen LogP contribution in [0.3, 0.4) is 0 Å². The second-order valence-electron chi connectivity index (χ2n) is 5.11. The zero-order valence-electron chi connectivity index (χ0n) is 11.7. The maximum atomic E-state index is 12.5. The third-order valence-corrected chi connectivity index (χ3v) is 3.59. The fraction of sp³-hybridized carbons (Fsp3) is 0.118. The zero-order valence-corrected chi connectivity index (χ0v) is 11.7. The molecule has 0 radical (unpaired) electrons. The van der Waals surface area contributed by atoms with Crippen molar-refractivity contribution in [3.05, 3.63) is 65.2 Å². The number of carboxylic acid groups (broad SMARTS) is 1. The Bertz CT molecular complexity index is 764. The number of imide groups is 1. The summed E-state index contributed by atoms with van der Waals surface area (Å²) < 4.78 is 0. The highest BCUT2D eigenvalue weighted by Gasteiger charge is 2.31. The van der Waals surface area contributed by atoms with Crippen molar-refractivity contribution in [2.75, 3.05) is 4.90 Å². The number of hydrogen-bond acceptors (Lipinski definition) is 3. The number of rotatable bonds is 3. The molecule has 1 aliphatic rings. The van der Waals surface area contributed by atoms with Crippen molar-refractivity contribution in [2.24, 2.45) is 0 Å². The van der Waals surface area contributed by atoms with Crippen LogP contribution in [0.15, 0.2) is 48.5 Å². The average molecular weight is 295 g/mol. The van der Waals surface area contributed by atoms with Gasteiger partial charge in [-0.1, -0.05) is 30.3 Å². The van der Waals surface area contributed by atoms with Crippen molar-refractivity contribution < 1.29 is 19.5 Å². The van der Waals surface area contributed by atoms with Gasteiger partial charge in [0.1, 0.15) is 0 Å². The SMILES string of the molecule is O=C(O)Cc1ccc(N2C(=O)Cc3ccccc3C2=O)cc1. The van der Waals surface area contributed by atoms with Crippen molar-refractivity contribution in [3.63, 3.8) is 0 Å². The minimum Gasteiger partial charge on any atom is -0.481 e. The van der Waals surface area contributed by atoms with Crippen LogP contribution < -0.4 is 4.90 Å². The summed E-state index contributed by atoms with van der Waals surface area (Å²) >= 11 is 0. The molecule has 2 aromatic rings. The van der Waals surface area contributed by atoms with E-state index in [0.717, 1.165) is 10.5 Å². The first-order valence-electron chi connectivity index (χ1n) is 6.82. The van der Waals surface area contributed by atoms with Gasteiger partial charge in [0.05, 0.1) is 18.5 Å². The second-order valence-corrected chi connectivity index (χ2v) is 5.11. The van der Waals surface area contributed by atoms with Gasteiger partial charge in [0.2, 0.25) is 5.91 Å². The lowest BCUT2D eigenvalue weighted by molar-refractivity contribution is -0.136. The molecule has 5 nitrogen and oxygen atoms in total. The van der Waals surface area contributed by atoms with Crippen LogP contribution >= 0.6 is 0 Å². The number of benzene rings is 2. The lowest BCUT2D eigenvalue weighted by Gasteiger charge is -2.26. The van der Waals surface area contributed by atoms with E-state index in [2.05, 4.69) is 0 Å². The van der Waals surface area contributed by atoms with Gasteiger partial charge in [0.25, 0.3) is 5.91 Å². The summed E-state index contributed by atoms with van der Waals surface area (Å²) in [5, 5.41) is 8.76. The van der Waals surface area contributed by atoms with Crippen LogP contribution in [0.2, 0.25) is 0 Å². The number of nitrogens with zero attached hydrogens (tertiary/aromatic N) is 1. The van der Waals surface area contributed by atoms with Gasteiger partial charge >= 0.3 is 5.97 Å². The molecule has 5 heteroatoms. The summed E-state index contributed by atoms with van der Waals surface area (Å²) in [6, 6.07) is 13.5. The summed E-state index contributed by atoms with van der Waals surface area (Å²) in [5.41, 5.74) is 2.33. The molecule has 0 aliphatic carbocycles. The molecule has 0 fully saturated rings. The monoisotopic (exact) mass is 295 g/mol. The molecule has 3 rings (SSSR count). The van der Waals surface area contributed by atoms with E-state index in [9.17, 15) is 14.4 Å². The number of anilines is 1. The summed E-state index contributed by atoms with van der Waals surface area (Å²) in [7, 11) is 0.